The Balaban J connectivity index is 0.000000300. The Morgan fingerprint density at radius 3 is 1.55 bits per heavy atom. The molecule has 0 saturated carbocycles. The number of nitrogens with zero attached hydrogens (tertiary/aromatic N) is 4. The molecule has 0 aliphatic carbocycles. The molecule has 0 radical (unpaired) electrons. The summed E-state index contributed by atoms with van der Waals surface area (Å²) in [6, 6.07) is 20.8. The van der Waals surface area contributed by atoms with Crippen molar-refractivity contribution in [1.29, 1.82) is 10.5 Å². The fraction of sp³-hybridized carbons (Fsp3) is 0.237. The van der Waals surface area contributed by atoms with Crippen molar-refractivity contribution < 1.29 is 55.3 Å². The summed E-state index contributed by atoms with van der Waals surface area (Å²) < 4.78 is 90.9. The first-order valence-electron chi connectivity index (χ1n) is 16.1. The van der Waals surface area contributed by atoms with Crippen molar-refractivity contribution in [3.63, 3.8) is 0 Å². The van der Waals surface area contributed by atoms with E-state index >= 15 is 0 Å². The second-order valence-electron chi connectivity index (χ2n) is 11.0. The van der Waals surface area contributed by atoms with E-state index in [-0.39, 0.29) is 39.6 Å². The third kappa shape index (κ3) is 11.6. The Morgan fingerprint density at radius 2 is 1.18 bits per heavy atom. The summed E-state index contributed by atoms with van der Waals surface area (Å²) in [7, 11) is 0. The van der Waals surface area contributed by atoms with Crippen LogP contribution in [0.25, 0.3) is 22.5 Å². The Kier molecular flexibility index (Phi) is 15.6. The first kappa shape index (κ1) is 44.5. The summed E-state index contributed by atoms with van der Waals surface area (Å²) in [5, 5.41) is 26.3. The first-order valence-corrected chi connectivity index (χ1v) is 17.8. The highest BCUT2D eigenvalue weighted by Crippen LogP contribution is 2.41. The molecule has 2 aromatic carbocycles. The maximum Gasteiger partial charge on any atom is 0.417 e. The Hall–Kier alpha value is -5.85. The van der Waals surface area contributed by atoms with Crippen LogP contribution in [0, 0.1) is 22.7 Å². The topological polar surface area (TPSA) is 163 Å². The highest BCUT2D eigenvalue weighted by atomic mass is 32.2. The lowest BCUT2D eigenvalue weighted by molar-refractivity contribution is -0.144. The number of aliphatic hydroxyl groups excluding tert-OH is 1. The molecule has 1 unspecified atom stereocenters. The molecule has 0 aliphatic heterocycles. The van der Waals surface area contributed by atoms with Gasteiger partial charge in [-0.2, -0.15) is 36.9 Å². The van der Waals surface area contributed by atoms with E-state index < -0.39 is 63.3 Å². The van der Waals surface area contributed by atoms with Crippen LogP contribution in [-0.4, -0.2) is 51.3 Å². The maximum atomic E-state index is 13.5. The quantitative estimate of drug-likeness (QED) is 0.0382. The normalized spacial score (nSPS) is 12.1. The smallest absolute Gasteiger partial charge is 0.417 e. The molecule has 56 heavy (non-hydrogen) atoms. The number of aliphatic hydroxyl groups is 1. The van der Waals surface area contributed by atoms with Gasteiger partial charge in [-0.25, -0.2) is 14.8 Å². The molecule has 10 nitrogen and oxygen atoms in total. The standard InChI is InChI=1S/2C19H15F3N2O3S/c2*1-3-27-18(26)16(11(2)25)28-17-13(10-23)14(19(20,21)22)9-15(24-17)12-7-5-4-6-8-12/h4-9,25H,3H2,1-2H3;4-9,16H,3H2,1-2H3/b16-11+;. The molecular formula is C38H30F6N4O6S2. The molecule has 0 spiro atoms. The van der Waals surface area contributed by atoms with Gasteiger partial charge in [0.05, 0.1) is 46.9 Å². The number of Topliss-reactive ketones (excluding diaryl/α,β-unsaturated/α-hetero) is 1. The molecule has 1 N–H and O–H groups in total. The van der Waals surface area contributed by atoms with E-state index in [0.717, 1.165) is 19.1 Å². The van der Waals surface area contributed by atoms with Gasteiger partial charge in [0.25, 0.3) is 0 Å². The molecule has 0 aliphatic rings. The summed E-state index contributed by atoms with van der Waals surface area (Å²) in [5.74, 6) is -2.89. The van der Waals surface area contributed by atoms with Crippen molar-refractivity contribution in [2.75, 3.05) is 13.2 Å². The van der Waals surface area contributed by atoms with Gasteiger partial charge in [-0.1, -0.05) is 84.2 Å². The van der Waals surface area contributed by atoms with E-state index in [0.29, 0.717) is 34.7 Å². The van der Waals surface area contributed by atoms with Crippen LogP contribution in [0.2, 0.25) is 0 Å². The molecule has 4 rings (SSSR count). The van der Waals surface area contributed by atoms with E-state index in [1.807, 2.05) is 0 Å². The van der Waals surface area contributed by atoms with Gasteiger partial charge < -0.3 is 14.6 Å². The van der Waals surface area contributed by atoms with Crippen LogP contribution in [0.4, 0.5) is 26.3 Å². The Labute approximate surface area is 325 Å². The fourth-order valence-corrected chi connectivity index (χ4v) is 6.43. The summed E-state index contributed by atoms with van der Waals surface area (Å²) in [5.41, 5.74) is -3.08. The highest BCUT2D eigenvalue weighted by Gasteiger charge is 2.38. The highest BCUT2D eigenvalue weighted by molar-refractivity contribution is 8.04. The van der Waals surface area contributed by atoms with Crippen LogP contribution in [0.15, 0.2) is 93.5 Å². The first-order chi connectivity index (χ1) is 26.4. The lowest BCUT2D eigenvalue weighted by atomic mass is 10.1. The number of esters is 2. The average Bonchev–Trinajstić information content (AvgIpc) is 3.15. The molecule has 2 heterocycles. The monoisotopic (exact) mass is 816 g/mol. The Bertz CT molecular complexity index is 2180. The zero-order valence-corrected chi connectivity index (χ0v) is 31.4. The second-order valence-corrected chi connectivity index (χ2v) is 13.1. The summed E-state index contributed by atoms with van der Waals surface area (Å²) >= 11 is 0.934. The number of allylic oxidation sites excluding steroid dienone is 1. The zero-order valence-electron chi connectivity index (χ0n) is 29.8. The van der Waals surface area contributed by atoms with Gasteiger partial charge in [-0.05, 0) is 39.8 Å². The van der Waals surface area contributed by atoms with E-state index in [2.05, 4.69) is 9.97 Å². The lowest BCUT2D eigenvalue weighted by Crippen LogP contribution is -2.27. The maximum absolute atomic E-state index is 13.5. The van der Waals surface area contributed by atoms with Gasteiger partial charge in [-0.3, -0.25) is 9.59 Å². The van der Waals surface area contributed by atoms with Crippen molar-refractivity contribution in [2.45, 2.75) is 55.3 Å². The van der Waals surface area contributed by atoms with E-state index in [1.165, 1.54) is 26.0 Å². The number of ether oxygens (including phenoxy) is 2. The second kappa shape index (κ2) is 19.7. The summed E-state index contributed by atoms with van der Waals surface area (Å²) in [6.45, 7) is 5.40. The van der Waals surface area contributed by atoms with Crippen LogP contribution < -0.4 is 0 Å². The molecule has 0 bridgehead atoms. The van der Waals surface area contributed by atoms with E-state index in [4.69, 9.17) is 9.47 Å². The number of alkyl halides is 6. The minimum absolute atomic E-state index is 0.000431. The predicted octanol–water partition coefficient (Wildman–Crippen LogP) is 9.34. The number of nitriles is 2. The number of hydrogen-bond donors (Lipinski definition) is 1. The Morgan fingerprint density at radius 1 is 0.750 bits per heavy atom. The van der Waals surface area contributed by atoms with E-state index in [9.17, 15) is 56.4 Å². The van der Waals surface area contributed by atoms with Crippen molar-refractivity contribution in [3.8, 4) is 34.7 Å². The lowest BCUT2D eigenvalue weighted by Gasteiger charge is -2.17. The third-order valence-electron chi connectivity index (χ3n) is 7.03. The number of halogens is 6. The van der Waals surface area contributed by atoms with Gasteiger partial charge >= 0.3 is 24.3 Å². The molecule has 0 saturated heterocycles. The zero-order chi connectivity index (χ0) is 41.8. The molecule has 4 aromatic rings. The van der Waals surface area contributed by atoms with Crippen LogP contribution in [-0.2, 0) is 36.2 Å². The van der Waals surface area contributed by atoms with Crippen molar-refractivity contribution in [3.05, 3.63) is 106 Å². The van der Waals surface area contributed by atoms with Gasteiger partial charge in [0.15, 0.2) is 11.0 Å². The molecular weight excluding hydrogens is 787 g/mol. The van der Waals surface area contributed by atoms with Crippen LogP contribution in [0.5, 0.6) is 0 Å². The minimum Gasteiger partial charge on any atom is -0.511 e. The minimum atomic E-state index is -4.82. The molecule has 292 valence electrons. The molecule has 18 heteroatoms. The number of pyridine rings is 2. The van der Waals surface area contributed by atoms with E-state index in [1.54, 1.807) is 67.6 Å². The van der Waals surface area contributed by atoms with Gasteiger partial charge in [0, 0.05) is 11.1 Å². The number of benzene rings is 2. The molecule has 2 aromatic heterocycles. The number of aromatic nitrogens is 2. The van der Waals surface area contributed by atoms with Gasteiger partial charge in [-0.15, -0.1) is 0 Å². The predicted molar refractivity (Wildman–Crippen MR) is 194 cm³/mol. The van der Waals surface area contributed by atoms with Crippen LogP contribution in [0.1, 0.15) is 49.9 Å². The van der Waals surface area contributed by atoms with Crippen LogP contribution >= 0.6 is 23.5 Å². The van der Waals surface area contributed by atoms with Gasteiger partial charge in [0.2, 0.25) is 0 Å². The molecule has 1 atom stereocenters. The largest absolute Gasteiger partial charge is 0.511 e. The van der Waals surface area contributed by atoms with Gasteiger partial charge in [0.1, 0.15) is 32.9 Å². The number of thioether (sulfide) groups is 2. The fourth-order valence-electron chi connectivity index (χ4n) is 4.56. The average molecular weight is 817 g/mol. The number of carbonyl (C=O) groups excluding carboxylic acids is 3. The number of rotatable bonds is 11. The summed E-state index contributed by atoms with van der Waals surface area (Å²) in [6.07, 6.45) is -9.63. The number of ketones is 1. The van der Waals surface area contributed by atoms with Crippen molar-refractivity contribution in [2.24, 2.45) is 0 Å². The number of hydrogen-bond acceptors (Lipinski definition) is 12. The SMILES string of the molecule is CCOC(=O)/C(Sc1nc(-c2ccccc2)cc(C(F)(F)F)c1C#N)=C(/C)O.CCOC(=O)C(Sc1nc(-c2ccccc2)cc(C(F)(F)F)c1C#N)C(C)=O. The van der Waals surface area contributed by atoms with Crippen molar-refractivity contribution in [1.82, 2.24) is 9.97 Å². The molecule has 0 fully saturated rings. The number of carbonyl (C=O) groups is 3. The van der Waals surface area contributed by atoms with Crippen molar-refractivity contribution >= 4 is 41.2 Å². The van der Waals surface area contributed by atoms with Crippen LogP contribution in [0.3, 0.4) is 0 Å². The third-order valence-corrected chi connectivity index (χ3v) is 9.47. The summed E-state index contributed by atoms with van der Waals surface area (Å²) in [4.78, 5) is 43.8. The molecule has 0 amide bonds.